The van der Waals surface area contributed by atoms with Gasteiger partial charge in [-0.1, -0.05) is 6.42 Å². The molecule has 0 radical (unpaired) electrons. The number of rotatable bonds is 9. The van der Waals surface area contributed by atoms with Crippen molar-refractivity contribution in [3.05, 3.63) is 47.7 Å². The molecule has 0 spiro atoms. The van der Waals surface area contributed by atoms with Crippen molar-refractivity contribution < 1.29 is 31.9 Å². The number of fused-ring (bicyclic) bond motifs is 1. The van der Waals surface area contributed by atoms with E-state index in [2.05, 4.69) is 30.6 Å². The molecule has 10 nitrogen and oxygen atoms in total. The minimum atomic E-state index is -2.62. The normalized spacial score (nSPS) is 17.1. The van der Waals surface area contributed by atoms with Crippen molar-refractivity contribution in [1.82, 2.24) is 35.0 Å². The van der Waals surface area contributed by atoms with Crippen molar-refractivity contribution in [2.45, 2.75) is 103 Å². The summed E-state index contributed by atoms with van der Waals surface area (Å²) in [5.74, 6) is -5.69. The fourth-order valence-corrected chi connectivity index (χ4v) is 4.85. The Bertz CT molecular complexity index is 1340. The average molecular weight is 626 g/mol. The number of ether oxygens (including phenoxy) is 1. The summed E-state index contributed by atoms with van der Waals surface area (Å²) >= 11 is 0. The smallest absolute Gasteiger partial charge is 0.269 e. The molecule has 0 bridgehead atoms. The van der Waals surface area contributed by atoms with Crippen LogP contribution < -0.4 is 10.6 Å². The Morgan fingerprint density at radius 2 is 1.73 bits per heavy atom. The van der Waals surface area contributed by atoms with Gasteiger partial charge in [0, 0.05) is 64.6 Å². The first kappa shape index (κ1) is 34.9. The van der Waals surface area contributed by atoms with E-state index in [9.17, 15) is 27.2 Å². The Labute approximate surface area is 254 Å². The lowest BCUT2D eigenvalue weighted by atomic mass is 9.79. The van der Waals surface area contributed by atoms with E-state index in [1.165, 1.54) is 0 Å². The van der Waals surface area contributed by atoms with Crippen molar-refractivity contribution in [2.24, 2.45) is 5.92 Å². The largest absolute Gasteiger partial charge is 0.385 e. The molecule has 0 atom stereocenters. The van der Waals surface area contributed by atoms with E-state index in [0.29, 0.717) is 29.9 Å². The van der Waals surface area contributed by atoms with Gasteiger partial charge >= 0.3 is 0 Å². The minimum Gasteiger partial charge on any atom is -0.385 e. The zero-order chi connectivity index (χ0) is 32.3. The fraction of sp³-hybridized carbons (Fsp3) is 0.633. The molecule has 3 aromatic heterocycles. The number of carbonyl (C=O) groups is 2. The molecular formula is C30H43F4N7O3. The Morgan fingerprint density at radius 3 is 2.30 bits per heavy atom. The number of nitrogens with zero attached hydrogens (tertiary/aromatic N) is 5. The molecule has 3 aromatic rings. The van der Waals surface area contributed by atoms with Gasteiger partial charge in [0.25, 0.3) is 5.91 Å². The van der Waals surface area contributed by atoms with Crippen molar-refractivity contribution in [1.29, 1.82) is 0 Å². The quantitative estimate of drug-likeness (QED) is 0.294. The lowest BCUT2D eigenvalue weighted by Gasteiger charge is -2.34. The zero-order valence-electron chi connectivity index (χ0n) is 25.8. The maximum Gasteiger partial charge on any atom is 0.269 e. The highest BCUT2D eigenvalue weighted by atomic mass is 19.3. The fourth-order valence-electron chi connectivity index (χ4n) is 4.85. The van der Waals surface area contributed by atoms with Crippen LogP contribution in [0.25, 0.3) is 5.65 Å². The number of methoxy groups -OCH3 is 1. The number of carbonyl (C=O) groups excluding carboxylic acids is 2. The molecule has 2 aliphatic rings. The summed E-state index contributed by atoms with van der Waals surface area (Å²) < 4.78 is 58.0. The van der Waals surface area contributed by atoms with E-state index in [1.54, 1.807) is 47.0 Å². The molecular weight excluding hydrogens is 582 g/mol. The highest BCUT2D eigenvalue weighted by Gasteiger charge is 2.45. The highest BCUT2D eigenvalue weighted by Crippen LogP contribution is 2.43. The first-order chi connectivity index (χ1) is 20.8. The lowest BCUT2D eigenvalue weighted by molar-refractivity contribution is -0.133. The molecule has 2 aliphatic carbocycles. The average Bonchev–Trinajstić information content (AvgIpc) is 3.61. The van der Waals surface area contributed by atoms with Crippen molar-refractivity contribution >= 4 is 17.5 Å². The first-order valence-electron chi connectivity index (χ1n) is 15.0. The Balaban J connectivity index is 0.000000370. The van der Waals surface area contributed by atoms with Gasteiger partial charge in [-0.25, -0.2) is 27.1 Å². The van der Waals surface area contributed by atoms with Crippen molar-refractivity contribution in [3.63, 3.8) is 0 Å². The number of aromatic nitrogens is 5. The summed E-state index contributed by atoms with van der Waals surface area (Å²) in [6.07, 6.45) is 7.24. The summed E-state index contributed by atoms with van der Waals surface area (Å²) in [5.41, 5.74) is 2.43. The van der Waals surface area contributed by atoms with Gasteiger partial charge in [0.2, 0.25) is 17.8 Å². The predicted molar refractivity (Wildman–Crippen MR) is 156 cm³/mol. The van der Waals surface area contributed by atoms with Crippen LogP contribution in [-0.2, 0) is 22.6 Å². The number of halogens is 4. The Kier molecular flexibility index (Phi) is 12.7. The van der Waals surface area contributed by atoms with Gasteiger partial charge < -0.3 is 15.4 Å². The van der Waals surface area contributed by atoms with Gasteiger partial charge in [-0.05, 0) is 57.2 Å². The molecule has 2 fully saturated rings. The molecule has 244 valence electrons. The van der Waals surface area contributed by atoms with Crippen LogP contribution in [0.2, 0.25) is 0 Å². The van der Waals surface area contributed by atoms with Crippen molar-refractivity contribution in [2.75, 3.05) is 13.7 Å². The molecule has 3 heterocycles. The molecule has 2 saturated carbocycles. The third-order valence-electron chi connectivity index (χ3n) is 7.26. The number of hydrogen-bond acceptors (Lipinski definition) is 6. The predicted octanol–water partition coefficient (Wildman–Crippen LogP) is 5.73. The second-order valence-corrected chi connectivity index (χ2v) is 11.4. The van der Waals surface area contributed by atoms with E-state index in [0.717, 1.165) is 18.6 Å². The van der Waals surface area contributed by atoms with Crippen LogP contribution in [0.3, 0.4) is 0 Å². The Hall–Kier alpha value is -3.55. The maximum atomic E-state index is 12.9. The van der Waals surface area contributed by atoms with Crippen LogP contribution >= 0.6 is 0 Å². The second-order valence-electron chi connectivity index (χ2n) is 11.4. The van der Waals surface area contributed by atoms with E-state index < -0.39 is 11.8 Å². The maximum absolute atomic E-state index is 12.9. The van der Waals surface area contributed by atoms with Gasteiger partial charge in [0.05, 0.1) is 24.6 Å². The molecule has 2 amide bonds. The number of amides is 2. The van der Waals surface area contributed by atoms with Crippen LogP contribution in [0.5, 0.6) is 0 Å². The molecule has 0 aromatic carbocycles. The van der Waals surface area contributed by atoms with E-state index in [-0.39, 0.29) is 69.0 Å². The van der Waals surface area contributed by atoms with Crippen LogP contribution in [0.1, 0.15) is 99.9 Å². The lowest BCUT2D eigenvalue weighted by Crippen LogP contribution is -2.38. The monoisotopic (exact) mass is 625 g/mol. The van der Waals surface area contributed by atoms with Gasteiger partial charge in [0.15, 0.2) is 5.65 Å². The van der Waals surface area contributed by atoms with Gasteiger partial charge in [-0.3, -0.25) is 14.3 Å². The number of alkyl halides is 4. The SMILES string of the molecule is CC(C)n1nccc1C(=O)NCc1cn2ncc(CNC(=O)CC3CC(F)(F)C3)cc2n1.CCOC.FC1(F)CCCCC1. The molecule has 0 saturated heterocycles. The minimum absolute atomic E-state index is 0.0683. The third kappa shape index (κ3) is 10.9. The molecule has 44 heavy (non-hydrogen) atoms. The van der Waals surface area contributed by atoms with Crippen molar-refractivity contribution in [3.8, 4) is 0 Å². The second kappa shape index (κ2) is 16.0. The molecule has 0 unspecified atom stereocenters. The topological polar surface area (TPSA) is 115 Å². The first-order valence-corrected chi connectivity index (χ1v) is 15.0. The zero-order valence-corrected chi connectivity index (χ0v) is 25.8. The summed E-state index contributed by atoms with van der Waals surface area (Å²) in [7, 11) is 1.68. The van der Waals surface area contributed by atoms with Gasteiger partial charge in [0.1, 0.15) is 5.69 Å². The standard InChI is InChI=1S/C21H25F2N7O2.C6H10F2.C3H8O/c1-13(2)30-17(3-4-26-30)20(32)25-11-16-12-29-18(28-16)5-15(10-27-29)9-24-19(31)6-14-7-21(22,23)8-14;7-6(8)4-2-1-3-5-6;1-3-4-2/h3-5,10,12-14H,6-9,11H2,1-2H3,(H,24,31)(H,25,32);1-5H2;3H2,1-2H3. The van der Waals surface area contributed by atoms with E-state index in [4.69, 9.17) is 0 Å². The summed E-state index contributed by atoms with van der Waals surface area (Å²) in [6, 6.07) is 3.51. The number of nitrogens with one attached hydrogen (secondary N) is 2. The molecule has 0 aliphatic heterocycles. The third-order valence-corrected chi connectivity index (χ3v) is 7.26. The summed E-state index contributed by atoms with van der Waals surface area (Å²) in [4.78, 5) is 28.9. The summed E-state index contributed by atoms with van der Waals surface area (Å²) in [6.45, 7) is 7.14. The molecule has 5 rings (SSSR count). The van der Waals surface area contributed by atoms with Gasteiger partial charge in [-0.2, -0.15) is 10.2 Å². The Morgan fingerprint density at radius 1 is 1.05 bits per heavy atom. The summed E-state index contributed by atoms with van der Waals surface area (Å²) in [5, 5.41) is 14.0. The van der Waals surface area contributed by atoms with Crippen LogP contribution in [0.15, 0.2) is 30.7 Å². The number of hydrogen-bond donors (Lipinski definition) is 2. The van der Waals surface area contributed by atoms with E-state index in [1.807, 2.05) is 20.8 Å². The van der Waals surface area contributed by atoms with Crippen LogP contribution in [0.4, 0.5) is 17.6 Å². The van der Waals surface area contributed by atoms with Crippen LogP contribution in [0, 0.1) is 5.92 Å². The number of imidazole rings is 1. The molecule has 14 heteroatoms. The highest BCUT2D eigenvalue weighted by molar-refractivity contribution is 5.92. The van der Waals surface area contributed by atoms with E-state index >= 15 is 0 Å². The van der Waals surface area contributed by atoms with Gasteiger partial charge in [-0.15, -0.1) is 0 Å². The molecule has 2 N–H and O–H groups in total. The van der Waals surface area contributed by atoms with Crippen LogP contribution in [-0.4, -0.2) is 61.8 Å².